The average Bonchev–Trinajstić information content (AvgIpc) is 3.97. The topological polar surface area (TPSA) is 190 Å². The average molecular weight is 822 g/mol. The van der Waals surface area contributed by atoms with E-state index in [4.69, 9.17) is 40.2 Å². The lowest BCUT2D eigenvalue weighted by atomic mass is 9.87. The number of carboxylic acids is 3. The van der Waals surface area contributed by atoms with Crippen LogP contribution in [-0.2, 0) is 5.41 Å². The van der Waals surface area contributed by atoms with Crippen LogP contribution in [0.1, 0.15) is 63.0 Å². The van der Waals surface area contributed by atoms with Gasteiger partial charge in [-0.3, -0.25) is 0 Å². The summed E-state index contributed by atoms with van der Waals surface area (Å²) in [5.74, 6) is -1.42. The lowest BCUT2D eigenvalue weighted by molar-refractivity contribution is 0.0686. The minimum Gasteiger partial charge on any atom is -0.478 e. The molecule has 13 heteroatoms. The number of aromatic carboxylic acids is 3. The van der Waals surface area contributed by atoms with Crippen molar-refractivity contribution in [1.29, 1.82) is 0 Å². The summed E-state index contributed by atoms with van der Waals surface area (Å²) in [6.07, 6.45) is 0. The van der Waals surface area contributed by atoms with Crippen LogP contribution in [0, 0.1) is 6.92 Å². The van der Waals surface area contributed by atoms with E-state index in [1.165, 1.54) is 29.8 Å². The Hall–Kier alpha value is -7.57. The zero-order valence-corrected chi connectivity index (χ0v) is 33.4. The van der Waals surface area contributed by atoms with Gasteiger partial charge in [-0.2, -0.15) is 0 Å². The van der Waals surface area contributed by atoms with Gasteiger partial charge in [0.05, 0.1) is 16.7 Å². The van der Waals surface area contributed by atoms with E-state index in [1.807, 2.05) is 43.3 Å². The summed E-state index contributed by atoms with van der Waals surface area (Å²) in [5, 5.41) is 27.2. The van der Waals surface area contributed by atoms with Gasteiger partial charge in [0.15, 0.2) is 16.7 Å². The number of nitrogens with zero attached hydrogens (tertiary/aromatic N) is 3. The number of carbonyl (C=O) groups is 3. The molecule has 3 heterocycles. The molecule has 0 amide bonds. The van der Waals surface area contributed by atoms with E-state index in [1.54, 1.807) is 66.7 Å². The molecule has 0 radical (unpaired) electrons. The second-order valence-electron chi connectivity index (χ2n) is 14.7. The third-order valence-corrected chi connectivity index (χ3v) is 9.52. The molecule has 3 aromatic heterocycles. The molecule has 0 aliphatic carbocycles. The van der Waals surface area contributed by atoms with Crippen LogP contribution in [0.2, 0.25) is 5.02 Å². The van der Waals surface area contributed by atoms with E-state index >= 15 is 0 Å². The Morgan fingerprint density at radius 1 is 0.483 bits per heavy atom. The van der Waals surface area contributed by atoms with Gasteiger partial charge in [-0.1, -0.05) is 44.5 Å². The molecule has 0 atom stereocenters. The Morgan fingerprint density at radius 3 is 1.32 bits per heavy atom. The molecule has 12 nitrogen and oxygen atoms in total. The number of hydrogen-bond donors (Lipinski definition) is 3. The molecule has 60 heavy (non-hydrogen) atoms. The van der Waals surface area contributed by atoms with Gasteiger partial charge in [-0.25, -0.2) is 29.3 Å². The molecular weight excluding hydrogens is 786 g/mol. The van der Waals surface area contributed by atoms with Gasteiger partial charge in [0.25, 0.3) is 0 Å². The summed E-state index contributed by atoms with van der Waals surface area (Å²) in [4.78, 5) is 45.7. The highest BCUT2D eigenvalue weighted by Crippen LogP contribution is 2.30. The molecule has 0 saturated heterocycles. The van der Waals surface area contributed by atoms with Gasteiger partial charge in [-0.15, -0.1) is 0 Å². The quantitative estimate of drug-likeness (QED) is 0.144. The zero-order valence-electron chi connectivity index (χ0n) is 32.6. The molecule has 6 aromatic carbocycles. The number of aryl methyl sites for hydroxylation is 1. The number of fused-ring (bicyclic) bond motifs is 3. The summed E-state index contributed by atoms with van der Waals surface area (Å²) in [6.45, 7) is 8.45. The number of hydrogen-bond acceptors (Lipinski definition) is 9. The van der Waals surface area contributed by atoms with Crippen molar-refractivity contribution in [3.63, 3.8) is 0 Å². The van der Waals surface area contributed by atoms with Gasteiger partial charge in [0, 0.05) is 21.7 Å². The largest absolute Gasteiger partial charge is 0.478 e. The van der Waals surface area contributed by atoms with Crippen LogP contribution in [0.25, 0.3) is 67.7 Å². The predicted molar refractivity (Wildman–Crippen MR) is 228 cm³/mol. The van der Waals surface area contributed by atoms with Crippen molar-refractivity contribution < 1.29 is 43.0 Å². The fourth-order valence-corrected chi connectivity index (χ4v) is 6.13. The third-order valence-electron chi connectivity index (χ3n) is 9.28. The fourth-order valence-electron chi connectivity index (χ4n) is 5.96. The van der Waals surface area contributed by atoms with Crippen molar-refractivity contribution in [3.8, 4) is 34.4 Å². The first-order chi connectivity index (χ1) is 28.6. The van der Waals surface area contributed by atoms with Crippen LogP contribution >= 0.6 is 11.6 Å². The zero-order chi connectivity index (χ0) is 42.7. The molecule has 0 aliphatic rings. The summed E-state index contributed by atoms with van der Waals surface area (Å²) in [7, 11) is 0. The van der Waals surface area contributed by atoms with Crippen molar-refractivity contribution in [2.24, 2.45) is 0 Å². The van der Waals surface area contributed by atoms with Crippen molar-refractivity contribution >= 4 is 62.8 Å². The van der Waals surface area contributed by atoms with Crippen molar-refractivity contribution in [2.45, 2.75) is 33.1 Å². The standard InChI is InChI=1S/C18H17NO3.C15H11NO3.C14H8ClNO3/c1-18(2,3)13-8-9-15-14(10-13)19-16(22-15)11-4-6-12(7-5-11)17(20)21;1-9-2-7-12-13(8-9)19-14(16-12)10-3-5-11(6-4-10)15(17)18;15-10-5-6-12-11(7-10)16-13(19-12)8-1-3-9(4-2-8)14(17)18/h4-10H,1-3H3,(H,20,21);2-8H,1H3,(H,17,18);1-7H,(H,17,18). The third kappa shape index (κ3) is 9.25. The molecular formula is C47H36ClN3O9. The molecule has 9 rings (SSSR count). The van der Waals surface area contributed by atoms with E-state index in [9.17, 15) is 14.4 Å². The monoisotopic (exact) mass is 821 g/mol. The van der Waals surface area contributed by atoms with Gasteiger partial charge >= 0.3 is 17.9 Å². The van der Waals surface area contributed by atoms with Crippen LogP contribution in [0.3, 0.4) is 0 Å². The molecule has 0 saturated carbocycles. The smallest absolute Gasteiger partial charge is 0.335 e. The Labute approximate surface area is 347 Å². The van der Waals surface area contributed by atoms with Gasteiger partial charge in [0.2, 0.25) is 17.7 Å². The summed E-state index contributed by atoms with van der Waals surface area (Å²) >= 11 is 5.88. The van der Waals surface area contributed by atoms with Crippen LogP contribution in [0.15, 0.2) is 141 Å². The molecule has 300 valence electrons. The van der Waals surface area contributed by atoms with E-state index < -0.39 is 17.9 Å². The van der Waals surface area contributed by atoms with Crippen LogP contribution in [-0.4, -0.2) is 48.2 Å². The number of oxazole rings is 3. The minimum absolute atomic E-state index is 0.0520. The molecule has 0 unspecified atom stereocenters. The lowest BCUT2D eigenvalue weighted by Gasteiger charge is -2.18. The Bertz CT molecular complexity index is 2880. The van der Waals surface area contributed by atoms with Crippen molar-refractivity contribution in [3.05, 3.63) is 160 Å². The number of benzene rings is 6. The molecule has 0 bridgehead atoms. The maximum atomic E-state index is 10.9. The summed E-state index contributed by atoms with van der Waals surface area (Å²) in [6, 6.07) is 36.3. The SMILES string of the molecule is CC(C)(C)c1ccc2oc(-c3ccc(C(=O)O)cc3)nc2c1.Cc1ccc2nc(-c3ccc(C(=O)O)cc3)oc2c1.O=C(O)c1ccc(-c2nc3cc(Cl)ccc3o2)cc1. The molecule has 3 N–H and O–H groups in total. The van der Waals surface area contributed by atoms with Crippen LogP contribution in [0.4, 0.5) is 0 Å². The maximum Gasteiger partial charge on any atom is 0.335 e. The van der Waals surface area contributed by atoms with Crippen LogP contribution in [0.5, 0.6) is 0 Å². The second kappa shape index (κ2) is 16.7. The fraction of sp³-hybridized carbons (Fsp3) is 0.106. The highest BCUT2D eigenvalue weighted by Gasteiger charge is 2.17. The van der Waals surface area contributed by atoms with E-state index in [0.717, 1.165) is 44.5 Å². The number of aromatic nitrogens is 3. The van der Waals surface area contributed by atoms with E-state index in [2.05, 4.69) is 35.7 Å². The second-order valence-corrected chi connectivity index (χ2v) is 15.2. The van der Waals surface area contributed by atoms with Crippen LogP contribution < -0.4 is 0 Å². The molecule has 0 fully saturated rings. The highest BCUT2D eigenvalue weighted by atomic mass is 35.5. The van der Waals surface area contributed by atoms with Crippen molar-refractivity contribution in [1.82, 2.24) is 15.0 Å². The van der Waals surface area contributed by atoms with Gasteiger partial charge in [-0.05, 0) is 139 Å². The first-order valence-electron chi connectivity index (χ1n) is 18.5. The van der Waals surface area contributed by atoms with E-state index in [-0.39, 0.29) is 22.1 Å². The highest BCUT2D eigenvalue weighted by molar-refractivity contribution is 6.31. The first-order valence-corrected chi connectivity index (χ1v) is 18.8. The number of rotatable bonds is 6. The molecule has 9 aromatic rings. The van der Waals surface area contributed by atoms with Gasteiger partial charge < -0.3 is 28.6 Å². The maximum absolute atomic E-state index is 10.9. The number of carboxylic acid groups (broad SMARTS) is 3. The predicted octanol–water partition coefficient (Wildman–Crippen LogP) is 11.8. The normalized spacial score (nSPS) is 11.2. The molecule has 0 spiro atoms. The minimum atomic E-state index is -0.962. The first kappa shape index (κ1) is 40.6. The van der Waals surface area contributed by atoms with Gasteiger partial charge in [0.1, 0.15) is 16.6 Å². The number of halogens is 1. The van der Waals surface area contributed by atoms with E-state index in [0.29, 0.717) is 33.8 Å². The summed E-state index contributed by atoms with van der Waals surface area (Å²) in [5.41, 5.74) is 9.69. The Morgan fingerprint density at radius 2 is 0.883 bits per heavy atom. The Balaban J connectivity index is 0.000000137. The Kier molecular flexibility index (Phi) is 11.3. The molecule has 0 aliphatic heterocycles. The summed E-state index contributed by atoms with van der Waals surface area (Å²) < 4.78 is 17.0. The lowest BCUT2D eigenvalue weighted by Crippen LogP contribution is -2.10. The van der Waals surface area contributed by atoms with Crippen molar-refractivity contribution in [2.75, 3.05) is 0 Å².